The van der Waals surface area contributed by atoms with Gasteiger partial charge in [0.05, 0.1) is 4.90 Å². The Kier molecular flexibility index (Phi) is 7.93. The summed E-state index contributed by atoms with van der Waals surface area (Å²) >= 11 is 0. The maximum absolute atomic E-state index is 12.3. The lowest BCUT2D eigenvalue weighted by Crippen LogP contribution is -2.25. The van der Waals surface area contributed by atoms with Crippen LogP contribution in [0.5, 0.6) is 0 Å². The van der Waals surface area contributed by atoms with Crippen molar-refractivity contribution >= 4 is 10.0 Å². The third-order valence-corrected chi connectivity index (χ3v) is 4.98. The van der Waals surface area contributed by atoms with Gasteiger partial charge in [-0.15, -0.1) is 0 Å². The van der Waals surface area contributed by atoms with Crippen LogP contribution in [0.3, 0.4) is 0 Å². The van der Waals surface area contributed by atoms with Gasteiger partial charge >= 0.3 is 0 Å². The molecule has 2 N–H and O–H groups in total. The highest BCUT2D eigenvalue weighted by molar-refractivity contribution is 7.89. The molecular formula is C16H28N2O2S. The van der Waals surface area contributed by atoms with E-state index >= 15 is 0 Å². The maximum atomic E-state index is 12.3. The summed E-state index contributed by atoms with van der Waals surface area (Å²) in [7, 11) is -3.39. The number of hydrogen-bond donors (Lipinski definition) is 2. The normalized spacial score (nSPS) is 11.8. The second kappa shape index (κ2) is 9.18. The molecule has 0 bridgehead atoms. The molecule has 0 fully saturated rings. The van der Waals surface area contributed by atoms with Crippen molar-refractivity contribution in [3.63, 3.8) is 0 Å². The summed E-state index contributed by atoms with van der Waals surface area (Å²) in [5, 5.41) is 3.24. The van der Waals surface area contributed by atoms with Crippen molar-refractivity contribution in [2.24, 2.45) is 0 Å². The zero-order chi connectivity index (χ0) is 15.7. The number of hydrogen-bond acceptors (Lipinski definition) is 3. The van der Waals surface area contributed by atoms with E-state index in [-0.39, 0.29) is 0 Å². The lowest BCUT2D eigenvalue weighted by molar-refractivity contribution is 0.573. The number of rotatable bonds is 10. The average molecular weight is 312 g/mol. The van der Waals surface area contributed by atoms with E-state index in [1.165, 1.54) is 0 Å². The van der Waals surface area contributed by atoms with Crippen LogP contribution in [0.4, 0.5) is 0 Å². The van der Waals surface area contributed by atoms with Crippen molar-refractivity contribution in [1.29, 1.82) is 0 Å². The molecule has 0 aliphatic carbocycles. The minimum absolute atomic E-state index is 0.358. The first-order valence-corrected chi connectivity index (χ1v) is 9.29. The second-order valence-corrected chi connectivity index (χ2v) is 7.09. The third kappa shape index (κ3) is 6.16. The Morgan fingerprint density at radius 1 is 1.10 bits per heavy atom. The van der Waals surface area contributed by atoms with Crippen LogP contribution in [0, 0.1) is 6.92 Å². The zero-order valence-corrected chi connectivity index (χ0v) is 14.2. The quantitative estimate of drug-likeness (QED) is 0.653. The molecule has 1 aromatic carbocycles. The number of aryl methyl sites for hydroxylation is 1. The minimum atomic E-state index is -3.39. The molecule has 21 heavy (non-hydrogen) atoms. The number of unbranched alkanes of at least 4 members (excludes halogenated alkanes) is 3. The summed E-state index contributed by atoms with van der Waals surface area (Å²) in [4.78, 5) is 0.358. The van der Waals surface area contributed by atoms with Crippen molar-refractivity contribution in [2.75, 3.05) is 13.1 Å². The molecule has 0 aliphatic heterocycles. The summed E-state index contributed by atoms with van der Waals surface area (Å²) in [6.07, 6.45) is 4.26. The van der Waals surface area contributed by atoms with Gasteiger partial charge in [-0.2, -0.15) is 0 Å². The fourth-order valence-electron chi connectivity index (χ4n) is 2.11. The molecule has 0 aliphatic rings. The molecule has 120 valence electrons. The fourth-order valence-corrected chi connectivity index (χ4v) is 3.23. The monoisotopic (exact) mass is 312 g/mol. The molecule has 1 rings (SSSR count). The summed E-state index contributed by atoms with van der Waals surface area (Å²) < 4.78 is 27.2. The van der Waals surface area contributed by atoms with Gasteiger partial charge in [0.1, 0.15) is 0 Å². The highest BCUT2D eigenvalue weighted by Crippen LogP contribution is 2.15. The van der Waals surface area contributed by atoms with Crippen molar-refractivity contribution in [3.8, 4) is 0 Å². The fraction of sp³-hybridized carbons (Fsp3) is 0.625. The molecule has 5 heteroatoms. The first-order chi connectivity index (χ1) is 10.0. The first-order valence-electron chi connectivity index (χ1n) is 7.81. The Balaban J connectivity index is 2.69. The predicted octanol–water partition coefficient (Wildman–Crippen LogP) is 2.96. The summed E-state index contributed by atoms with van der Waals surface area (Å²) in [5.74, 6) is 0. The second-order valence-electron chi connectivity index (χ2n) is 5.33. The number of sulfonamides is 1. The van der Waals surface area contributed by atoms with Gasteiger partial charge in [0.2, 0.25) is 10.0 Å². The van der Waals surface area contributed by atoms with Crippen LogP contribution in [-0.2, 0) is 16.6 Å². The van der Waals surface area contributed by atoms with Crippen LogP contribution in [0.1, 0.15) is 50.7 Å². The molecule has 0 spiro atoms. The molecule has 0 heterocycles. The van der Waals surface area contributed by atoms with Crippen LogP contribution in [-0.4, -0.2) is 21.5 Å². The van der Waals surface area contributed by atoms with Crippen LogP contribution in [0.25, 0.3) is 0 Å². The van der Waals surface area contributed by atoms with E-state index in [9.17, 15) is 8.42 Å². The minimum Gasteiger partial charge on any atom is -0.313 e. The highest BCUT2D eigenvalue weighted by atomic mass is 32.2. The van der Waals surface area contributed by atoms with Gasteiger partial charge in [-0.25, -0.2) is 13.1 Å². The maximum Gasteiger partial charge on any atom is 0.240 e. The Labute approximate surface area is 129 Å². The molecule has 0 radical (unpaired) electrons. The molecule has 0 saturated heterocycles. The van der Waals surface area contributed by atoms with Crippen LogP contribution in [0.15, 0.2) is 23.1 Å². The Hall–Kier alpha value is -0.910. The standard InChI is InChI=1S/C16H28N2O2S/c1-4-6-7-8-11-18-21(19,20)16-10-9-14(3)15(12-16)13-17-5-2/h9-10,12,17-18H,4-8,11,13H2,1-3H3. The SMILES string of the molecule is CCCCCCNS(=O)(=O)c1ccc(C)c(CNCC)c1. The zero-order valence-electron chi connectivity index (χ0n) is 13.4. The van der Waals surface area contributed by atoms with Gasteiger partial charge in [-0.3, -0.25) is 0 Å². The molecule has 0 amide bonds. The van der Waals surface area contributed by atoms with Gasteiger partial charge in [-0.1, -0.05) is 39.2 Å². The molecule has 0 aromatic heterocycles. The van der Waals surface area contributed by atoms with Gasteiger partial charge in [0.15, 0.2) is 0 Å². The number of benzene rings is 1. The molecule has 1 aromatic rings. The lowest BCUT2D eigenvalue weighted by atomic mass is 10.1. The molecule has 0 saturated carbocycles. The van der Waals surface area contributed by atoms with E-state index in [1.807, 2.05) is 19.9 Å². The molecule has 0 unspecified atom stereocenters. The smallest absolute Gasteiger partial charge is 0.240 e. The molecule has 4 nitrogen and oxygen atoms in total. The summed E-state index contributed by atoms with van der Waals surface area (Å²) in [6.45, 7) is 8.25. The molecule has 0 atom stereocenters. The van der Waals surface area contributed by atoms with Crippen molar-refractivity contribution < 1.29 is 8.42 Å². The van der Waals surface area contributed by atoms with Crippen molar-refractivity contribution in [2.45, 2.75) is 57.9 Å². The summed E-state index contributed by atoms with van der Waals surface area (Å²) in [6, 6.07) is 5.32. The van der Waals surface area contributed by atoms with Crippen LogP contribution >= 0.6 is 0 Å². The van der Waals surface area contributed by atoms with E-state index in [0.717, 1.165) is 43.4 Å². The topological polar surface area (TPSA) is 58.2 Å². The number of nitrogens with one attached hydrogen (secondary N) is 2. The van der Waals surface area contributed by atoms with E-state index in [4.69, 9.17) is 0 Å². The largest absolute Gasteiger partial charge is 0.313 e. The van der Waals surface area contributed by atoms with Gasteiger partial charge in [0, 0.05) is 13.1 Å². The summed E-state index contributed by atoms with van der Waals surface area (Å²) in [5.41, 5.74) is 2.14. The average Bonchev–Trinajstić information content (AvgIpc) is 2.46. The van der Waals surface area contributed by atoms with Gasteiger partial charge in [0.25, 0.3) is 0 Å². The molecular weight excluding hydrogens is 284 g/mol. The van der Waals surface area contributed by atoms with Crippen molar-refractivity contribution in [1.82, 2.24) is 10.0 Å². The van der Waals surface area contributed by atoms with E-state index in [0.29, 0.717) is 18.0 Å². The van der Waals surface area contributed by atoms with Crippen LogP contribution in [0.2, 0.25) is 0 Å². The van der Waals surface area contributed by atoms with E-state index in [2.05, 4.69) is 17.0 Å². The Morgan fingerprint density at radius 2 is 1.86 bits per heavy atom. The van der Waals surface area contributed by atoms with Gasteiger partial charge in [-0.05, 0) is 43.1 Å². The van der Waals surface area contributed by atoms with E-state index in [1.54, 1.807) is 12.1 Å². The first kappa shape index (κ1) is 18.1. The Bertz CT molecular complexity index is 527. The highest BCUT2D eigenvalue weighted by Gasteiger charge is 2.14. The van der Waals surface area contributed by atoms with E-state index < -0.39 is 10.0 Å². The van der Waals surface area contributed by atoms with Crippen molar-refractivity contribution in [3.05, 3.63) is 29.3 Å². The predicted molar refractivity (Wildman–Crippen MR) is 87.9 cm³/mol. The lowest BCUT2D eigenvalue weighted by Gasteiger charge is -2.11. The third-order valence-electron chi connectivity index (χ3n) is 3.52. The van der Waals surface area contributed by atoms with Gasteiger partial charge < -0.3 is 5.32 Å². The Morgan fingerprint density at radius 3 is 2.52 bits per heavy atom. The van der Waals surface area contributed by atoms with Crippen LogP contribution < -0.4 is 10.0 Å².